The summed E-state index contributed by atoms with van der Waals surface area (Å²) in [7, 11) is 0. The van der Waals surface area contributed by atoms with E-state index in [1.54, 1.807) is 0 Å². The van der Waals surface area contributed by atoms with Gasteiger partial charge >= 0.3 is 0 Å². The Balaban J connectivity index is 0.00000243. The molecule has 0 spiro atoms. The number of amides is 2. The number of nitrogens with one attached hydrogen (secondary N) is 1. The van der Waals surface area contributed by atoms with E-state index in [-0.39, 0.29) is 61.0 Å². The van der Waals surface area contributed by atoms with Gasteiger partial charge in [-0.1, -0.05) is 11.6 Å². The third kappa shape index (κ3) is 4.42. The van der Waals surface area contributed by atoms with Crippen LogP contribution in [-0.2, 0) is 4.79 Å². The highest BCUT2D eigenvalue weighted by molar-refractivity contribution is 6.33. The molecule has 0 bridgehead atoms. The first-order valence-corrected chi connectivity index (χ1v) is 8.29. The molecule has 2 aliphatic heterocycles. The van der Waals surface area contributed by atoms with Gasteiger partial charge in [-0.3, -0.25) is 14.9 Å². The molecular formula is C16H18Cl2F3N3O2. The summed E-state index contributed by atoms with van der Waals surface area (Å²) in [5.74, 6) is -4.11. The first kappa shape index (κ1) is 20.8. The molecule has 1 aromatic rings. The number of hydrogen-bond donors (Lipinski definition) is 1. The third-order valence-electron chi connectivity index (χ3n) is 4.45. The fraction of sp³-hybridized carbons (Fsp3) is 0.500. The molecule has 5 nitrogen and oxygen atoms in total. The summed E-state index contributed by atoms with van der Waals surface area (Å²) in [6, 6.07) is 2.66. The largest absolute Gasteiger partial charge is 0.338 e. The molecule has 1 atom stereocenters. The highest BCUT2D eigenvalue weighted by Crippen LogP contribution is 2.26. The summed E-state index contributed by atoms with van der Waals surface area (Å²) in [4.78, 5) is 27.7. The Morgan fingerprint density at radius 2 is 1.77 bits per heavy atom. The summed E-state index contributed by atoms with van der Waals surface area (Å²) < 4.78 is 39.5. The van der Waals surface area contributed by atoms with Gasteiger partial charge in [-0.05, 0) is 18.2 Å². The summed E-state index contributed by atoms with van der Waals surface area (Å²) in [5, 5.41) is 2.57. The molecule has 10 heteroatoms. The van der Waals surface area contributed by atoms with Crippen molar-refractivity contribution in [3.63, 3.8) is 0 Å². The van der Waals surface area contributed by atoms with Crippen LogP contribution in [0.5, 0.6) is 0 Å². The lowest BCUT2D eigenvalue weighted by Gasteiger charge is -2.36. The lowest BCUT2D eigenvalue weighted by atomic mass is 10.1. The minimum atomic E-state index is -2.86. The highest BCUT2D eigenvalue weighted by Gasteiger charge is 2.44. The Morgan fingerprint density at radius 3 is 2.31 bits per heavy atom. The Hall–Kier alpha value is -1.51. The van der Waals surface area contributed by atoms with E-state index in [2.05, 4.69) is 5.32 Å². The van der Waals surface area contributed by atoms with Crippen LogP contribution in [0.25, 0.3) is 0 Å². The molecule has 2 amide bonds. The second-order valence-corrected chi connectivity index (χ2v) is 6.64. The molecule has 26 heavy (non-hydrogen) atoms. The van der Waals surface area contributed by atoms with E-state index in [1.807, 2.05) is 0 Å². The van der Waals surface area contributed by atoms with Crippen LogP contribution in [0.4, 0.5) is 13.2 Å². The maximum Gasteiger partial charge on any atom is 0.262 e. The molecule has 0 aliphatic carbocycles. The molecule has 3 rings (SSSR count). The first-order valence-electron chi connectivity index (χ1n) is 7.91. The van der Waals surface area contributed by atoms with Gasteiger partial charge in [-0.15, -0.1) is 12.4 Å². The van der Waals surface area contributed by atoms with Crippen molar-refractivity contribution in [1.82, 2.24) is 15.1 Å². The normalized spacial score (nSPS) is 22.1. The lowest BCUT2D eigenvalue weighted by molar-refractivity contribution is -0.135. The highest BCUT2D eigenvalue weighted by atomic mass is 35.5. The Labute approximate surface area is 159 Å². The molecule has 0 aromatic heterocycles. The zero-order valence-corrected chi connectivity index (χ0v) is 15.3. The lowest BCUT2D eigenvalue weighted by Crippen LogP contribution is -2.54. The maximum atomic E-state index is 13.2. The van der Waals surface area contributed by atoms with E-state index in [0.29, 0.717) is 0 Å². The van der Waals surface area contributed by atoms with Crippen molar-refractivity contribution >= 4 is 35.8 Å². The minimum absolute atomic E-state index is 0. The fourth-order valence-corrected chi connectivity index (χ4v) is 3.32. The number of halogens is 5. The second-order valence-electron chi connectivity index (χ2n) is 6.24. The molecule has 2 aliphatic rings. The number of benzene rings is 1. The summed E-state index contributed by atoms with van der Waals surface area (Å²) in [5.41, 5.74) is 0.194. The van der Waals surface area contributed by atoms with Crippen LogP contribution in [-0.4, -0.2) is 66.3 Å². The van der Waals surface area contributed by atoms with Crippen LogP contribution >= 0.6 is 24.0 Å². The molecule has 0 saturated carbocycles. The standard InChI is InChI=1S/C16H17ClF3N3O2.ClH/c17-12-7-10(18)1-2-11(12)14(24)22-3-5-23(6-4-22)15(25)13-8-16(19,20)9-21-13;/h1-2,7,13,21H,3-6,8-9H2;1H. The SMILES string of the molecule is Cl.O=C(c1ccc(F)cc1Cl)N1CCN(C(=O)C2CC(F)(F)CN2)CC1. The minimum Gasteiger partial charge on any atom is -0.338 e. The average molecular weight is 412 g/mol. The molecular weight excluding hydrogens is 394 g/mol. The number of carbonyl (C=O) groups excluding carboxylic acids is 2. The first-order chi connectivity index (χ1) is 11.8. The third-order valence-corrected chi connectivity index (χ3v) is 4.76. The zero-order chi connectivity index (χ0) is 18.2. The quantitative estimate of drug-likeness (QED) is 0.811. The Bertz CT molecular complexity index is 697. The predicted molar refractivity (Wildman–Crippen MR) is 92.5 cm³/mol. The summed E-state index contributed by atoms with van der Waals surface area (Å²) in [6.07, 6.45) is -0.504. The number of piperazine rings is 1. The van der Waals surface area contributed by atoms with Gasteiger partial charge < -0.3 is 9.80 Å². The molecule has 1 N–H and O–H groups in total. The number of nitrogens with zero attached hydrogens (tertiary/aromatic N) is 2. The number of rotatable bonds is 2. The van der Waals surface area contributed by atoms with E-state index in [4.69, 9.17) is 11.6 Å². The van der Waals surface area contributed by atoms with Crippen LogP contribution in [0.15, 0.2) is 18.2 Å². The number of alkyl halides is 2. The van der Waals surface area contributed by atoms with Gasteiger partial charge in [0.05, 0.1) is 23.2 Å². The molecule has 2 heterocycles. The van der Waals surface area contributed by atoms with E-state index in [0.717, 1.165) is 12.1 Å². The molecule has 2 saturated heterocycles. The Kier molecular flexibility index (Phi) is 6.42. The zero-order valence-electron chi connectivity index (χ0n) is 13.7. The van der Waals surface area contributed by atoms with Crippen molar-refractivity contribution in [2.45, 2.75) is 18.4 Å². The number of hydrogen-bond acceptors (Lipinski definition) is 3. The van der Waals surface area contributed by atoms with Gasteiger partial charge in [0, 0.05) is 32.6 Å². The van der Waals surface area contributed by atoms with Crippen molar-refractivity contribution in [1.29, 1.82) is 0 Å². The van der Waals surface area contributed by atoms with Gasteiger partial charge in [0.25, 0.3) is 11.8 Å². The monoisotopic (exact) mass is 411 g/mol. The van der Waals surface area contributed by atoms with Crippen molar-refractivity contribution in [2.75, 3.05) is 32.7 Å². The van der Waals surface area contributed by atoms with Gasteiger partial charge in [0.15, 0.2) is 0 Å². The van der Waals surface area contributed by atoms with Crippen LogP contribution in [0.1, 0.15) is 16.8 Å². The summed E-state index contributed by atoms with van der Waals surface area (Å²) in [6.45, 7) is 0.550. The van der Waals surface area contributed by atoms with Crippen molar-refractivity contribution in [3.8, 4) is 0 Å². The second kappa shape index (κ2) is 8.02. The Morgan fingerprint density at radius 1 is 1.15 bits per heavy atom. The van der Waals surface area contributed by atoms with Gasteiger partial charge in [0.2, 0.25) is 5.91 Å². The van der Waals surface area contributed by atoms with E-state index < -0.39 is 30.7 Å². The fourth-order valence-electron chi connectivity index (χ4n) is 3.07. The van der Waals surface area contributed by atoms with Crippen LogP contribution in [0, 0.1) is 5.82 Å². The van der Waals surface area contributed by atoms with Crippen molar-refractivity contribution in [3.05, 3.63) is 34.6 Å². The maximum absolute atomic E-state index is 13.2. The van der Waals surface area contributed by atoms with Gasteiger partial charge in [0.1, 0.15) is 5.82 Å². The van der Waals surface area contributed by atoms with E-state index in [9.17, 15) is 22.8 Å². The topological polar surface area (TPSA) is 52.7 Å². The molecule has 144 valence electrons. The predicted octanol–water partition coefficient (Wildman–Crippen LogP) is 2.18. The van der Waals surface area contributed by atoms with Gasteiger partial charge in [-0.2, -0.15) is 0 Å². The average Bonchev–Trinajstić information content (AvgIpc) is 2.94. The van der Waals surface area contributed by atoms with Gasteiger partial charge in [-0.25, -0.2) is 13.2 Å². The van der Waals surface area contributed by atoms with E-state index in [1.165, 1.54) is 15.9 Å². The van der Waals surface area contributed by atoms with Crippen molar-refractivity contribution < 1.29 is 22.8 Å². The van der Waals surface area contributed by atoms with Crippen LogP contribution in [0.2, 0.25) is 5.02 Å². The molecule has 0 radical (unpaired) electrons. The molecule has 1 aromatic carbocycles. The summed E-state index contributed by atoms with van der Waals surface area (Å²) >= 11 is 5.90. The van der Waals surface area contributed by atoms with Crippen molar-refractivity contribution in [2.24, 2.45) is 0 Å². The van der Waals surface area contributed by atoms with Crippen LogP contribution < -0.4 is 5.32 Å². The smallest absolute Gasteiger partial charge is 0.262 e. The molecule has 1 unspecified atom stereocenters. The van der Waals surface area contributed by atoms with Crippen LogP contribution in [0.3, 0.4) is 0 Å². The number of carbonyl (C=O) groups is 2. The van der Waals surface area contributed by atoms with E-state index >= 15 is 0 Å². The molecule has 2 fully saturated rings.